The zero-order chi connectivity index (χ0) is 11.9. The Labute approximate surface area is 97.9 Å². The summed E-state index contributed by atoms with van der Waals surface area (Å²) in [4.78, 5) is 14.1. The molecule has 0 saturated carbocycles. The molecule has 0 aliphatic heterocycles. The number of halogens is 4. The molecule has 0 atom stereocenters. The number of nitrogens with zero attached hydrogens (tertiary/aromatic N) is 1. The van der Waals surface area contributed by atoms with Gasteiger partial charge in [-0.05, 0) is 0 Å². The van der Waals surface area contributed by atoms with Crippen molar-refractivity contribution < 1.29 is 18.0 Å². The molecule has 0 rings (SSSR count). The van der Waals surface area contributed by atoms with Gasteiger partial charge in [-0.3, -0.25) is 9.79 Å². The standard InChI is InChI=1S/C7H9F3IN3O/c8-7(9,10)6(15)14-4-5(3-12)13-2-1-11/h2-3H,1,4,12H2,(H,14,15)/b5-3-,13-2?. The number of carbonyl (C=O) groups excluding carboxylic acids is 1. The third-order valence-corrected chi connectivity index (χ3v) is 1.60. The Balaban J connectivity index is 4.15. The van der Waals surface area contributed by atoms with Crippen LogP contribution >= 0.6 is 22.6 Å². The second-order valence-electron chi connectivity index (χ2n) is 2.30. The first-order chi connectivity index (χ1) is 6.91. The van der Waals surface area contributed by atoms with Crippen molar-refractivity contribution in [1.29, 1.82) is 0 Å². The minimum atomic E-state index is -4.88. The van der Waals surface area contributed by atoms with Crippen LogP contribution in [0.2, 0.25) is 0 Å². The number of aliphatic imine (C=N–C) groups is 1. The molecule has 0 heterocycles. The summed E-state index contributed by atoms with van der Waals surface area (Å²) in [5.41, 5.74) is 5.27. The molecule has 15 heavy (non-hydrogen) atoms. The van der Waals surface area contributed by atoms with Gasteiger partial charge in [0.15, 0.2) is 0 Å². The van der Waals surface area contributed by atoms with Gasteiger partial charge < -0.3 is 11.1 Å². The quantitative estimate of drug-likeness (QED) is 0.457. The maximum atomic E-state index is 11.8. The van der Waals surface area contributed by atoms with E-state index >= 15 is 0 Å². The smallest absolute Gasteiger partial charge is 0.403 e. The Bertz CT molecular complexity index is 275. The van der Waals surface area contributed by atoms with Crippen molar-refractivity contribution in [3.05, 3.63) is 11.9 Å². The number of hydrogen-bond donors (Lipinski definition) is 2. The van der Waals surface area contributed by atoms with Gasteiger partial charge in [-0.25, -0.2) is 0 Å². The highest BCUT2D eigenvalue weighted by Gasteiger charge is 2.38. The number of rotatable bonds is 4. The molecule has 0 aromatic rings. The zero-order valence-electron chi connectivity index (χ0n) is 7.51. The number of amides is 1. The fraction of sp³-hybridized carbons (Fsp3) is 0.429. The molecule has 0 radical (unpaired) electrons. The third kappa shape index (κ3) is 6.31. The van der Waals surface area contributed by atoms with Gasteiger partial charge in [0.05, 0.1) is 12.2 Å². The van der Waals surface area contributed by atoms with E-state index in [0.29, 0.717) is 4.43 Å². The summed E-state index contributed by atoms with van der Waals surface area (Å²) >= 11 is 2.01. The lowest BCUT2D eigenvalue weighted by atomic mass is 10.4. The molecule has 86 valence electrons. The fourth-order valence-electron chi connectivity index (χ4n) is 0.570. The highest BCUT2D eigenvalue weighted by atomic mass is 127. The van der Waals surface area contributed by atoms with Crippen molar-refractivity contribution >= 4 is 34.7 Å². The van der Waals surface area contributed by atoms with Crippen LogP contribution in [-0.4, -0.2) is 29.3 Å². The summed E-state index contributed by atoms with van der Waals surface area (Å²) < 4.78 is 35.9. The number of nitrogens with two attached hydrogens (primary N) is 1. The molecule has 0 aliphatic carbocycles. The average molecular weight is 335 g/mol. The molecule has 8 heteroatoms. The second kappa shape index (κ2) is 6.64. The lowest BCUT2D eigenvalue weighted by Gasteiger charge is -2.07. The van der Waals surface area contributed by atoms with Crippen molar-refractivity contribution in [2.45, 2.75) is 6.18 Å². The number of hydrogen-bond acceptors (Lipinski definition) is 3. The van der Waals surface area contributed by atoms with Crippen LogP contribution in [0.3, 0.4) is 0 Å². The molecule has 0 aromatic heterocycles. The van der Waals surface area contributed by atoms with E-state index in [-0.39, 0.29) is 12.2 Å². The van der Waals surface area contributed by atoms with Crippen LogP contribution < -0.4 is 11.1 Å². The summed E-state index contributed by atoms with van der Waals surface area (Å²) in [6.45, 7) is -0.345. The molecule has 0 bridgehead atoms. The lowest BCUT2D eigenvalue weighted by molar-refractivity contribution is -0.173. The van der Waals surface area contributed by atoms with Crippen molar-refractivity contribution in [2.24, 2.45) is 10.7 Å². The van der Waals surface area contributed by atoms with Crippen LogP contribution in [0.5, 0.6) is 0 Å². The first kappa shape index (κ1) is 14.2. The Morgan fingerprint density at radius 2 is 2.13 bits per heavy atom. The van der Waals surface area contributed by atoms with Gasteiger partial charge in [-0.1, -0.05) is 22.6 Å². The van der Waals surface area contributed by atoms with Crippen molar-refractivity contribution in [3.8, 4) is 0 Å². The molecule has 0 spiro atoms. The number of carbonyl (C=O) groups is 1. The van der Waals surface area contributed by atoms with Gasteiger partial charge in [0.25, 0.3) is 0 Å². The van der Waals surface area contributed by atoms with Gasteiger partial charge in [0, 0.05) is 16.8 Å². The van der Waals surface area contributed by atoms with E-state index in [9.17, 15) is 18.0 Å². The first-order valence-electron chi connectivity index (χ1n) is 3.76. The highest BCUT2D eigenvalue weighted by Crippen LogP contribution is 2.14. The summed E-state index contributed by atoms with van der Waals surface area (Å²) in [6.07, 6.45) is -2.37. The summed E-state index contributed by atoms with van der Waals surface area (Å²) in [5, 5.41) is 1.65. The molecular formula is C7H9F3IN3O. The Morgan fingerprint density at radius 1 is 1.53 bits per heavy atom. The van der Waals surface area contributed by atoms with Crippen molar-refractivity contribution in [1.82, 2.24) is 5.32 Å². The third-order valence-electron chi connectivity index (χ3n) is 1.21. The van der Waals surface area contributed by atoms with E-state index < -0.39 is 12.1 Å². The zero-order valence-corrected chi connectivity index (χ0v) is 9.67. The SMILES string of the molecule is N/C=C(/CNC(=O)C(F)(F)F)N=CCI. The first-order valence-corrected chi connectivity index (χ1v) is 5.28. The normalized spacial score (nSPS) is 13.2. The average Bonchev–Trinajstić information content (AvgIpc) is 2.16. The molecule has 0 aliphatic rings. The van der Waals surface area contributed by atoms with Gasteiger partial charge in [0.2, 0.25) is 0 Å². The monoisotopic (exact) mass is 335 g/mol. The molecule has 0 fully saturated rings. The Morgan fingerprint density at radius 3 is 2.53 bits per heavy atom. The summed E-state index contributed by atoms with van der Waals surface area (Å²) in [5.74, 6) is -2.01. The predicted octanol–water partition coefficient (Wildman–Crippen LogP) is 0.971. The Hall–Kier alpha value is -0.800. The van der Waals surface area contributed by atoms with E-state index in [4.69, 9.17) is 5.73 Å². The molecule has 4 nitrogen and oxygen atoms in total. The number of nitrogens with one attached hydrogen (secondary N) is 1. The highest BCUT2D eigenvalue weighted by molar-refractivity contribution is 14.1. The molecular weight excluding hydrogens is 326 g/mol. The molecule has 0 saturated heterocycles. The summed E-state index contributed by atoms with van der Waals surface area (Å²) in [7, 11) is 0. The van der Waals surface area contributed by atoms with E-state index in [1.54, 1.807) is 5.32 Å². The van der Waals surface area contributed by atoms with E-state index in [2.05, 4.69) is 4.99 Å². The van der Waals surface area contributed by atoms with E-state index in [0.717, 1.165) is 6.20 Å². The molecule has 0 unspecified atom stereocenters. The summed E-state index contributed by atoms with van der Waals surface area (Å²) in [6, 6.07) is 0. The van der Waals surface area contributed by atoms with Crippen LogP contribution in [0.4, 0.5) is 13.2 Å². The van der Waals surface area contributed by atoms with E-state index in [1.165, 1.54) is 6.21 Å². The van der Waals surface area contributed by atoms with Crippen LogP contribution in [0, 0.1) is 0 Å². The maximum Gasteiger partial charge on any atom is 0.471 e. The Kier molecular flexibility index (Phi) is 6.29. The van der Waals surface area contributed by atoms with Crippen LogP contribution in [-0.2, 0) is 4.79 Å². The van der Waals surface area contributed by atoms with Crippen LogP contribution in [0.15, 0.2) is 16.9 Å². The van der Waals surface area contributed by atoms with Gasteiger partial charge in [-0.15, -0.1) is 0 Å². The minimum absolute atomic E-state index is 0.171. The van der Waals surface area contributed by atoms with Gasteiger partial charge in [0.1, 0.15) is 0 Å². The van der Waals surface area contributed by atoms with Crippen LogP contribution in [0.1, 0.15) is 0 Å². The maximum absolute atomic E-state index is 11.8. The van der Waals surface area contributed by atoms with Crippen molar-refractivity contribution in [2.75, 3.05) is 11.0 Å². The second-order valence-corrected chi connectivity index (χ2v) is 3.19. The number of alkyl halides is 4. The van der Waals surface area contributed by atoms with E-state index in [1.807, 2.05) is 22.6 Å². The minimum Gasteiger partial charge on any atom is -0.403 e. The van der Waals surface area contributed by atoms with Crippen LogP contribution in [0.25, 0.3) is 0 Å². The van der Waals surface area contributed by atoms with Gasteiger partial charge >= 0.3 is 12.1 Å². The molecule has 3 N–H and O–H groups in total. The molecule has 0 aromatic carbocycles. The largest absolute Gasteiger partial charge is 0.471 e. The fourth-order valence-corrected chi connectivity index (χ4v) is 0.767. The van der Waals surface area contributed by atoms with Crippen molar-refractivity contribution in [3.63, 3.8) is 0 Å². The lowest BCUT2D eigenvalue weighted by Crippen LogP contribution is -2.37. The molecule has 1 amide bonds. The predicted molar refractivity (Wildman–Crippen MR) is 58.7 cm³/mol. The topological polar surface area (TPSA) is 67.5 Å². The van der Waals surface area contributed by atoms with Gasteiger partial charge in [-0.2, -0.15) is 13.2 Å².